The zero-order chi connectivity index (χ0) is 13.7. The van der Waals surface area contributed by atoms with Crippen LogP contribution in [0, 0.1) is 0 Å². The molecule has 0 aliphatic rings. The lowest BCUT2D eigenvalue weighted by molar-refractivity contribution is 1.08. The van der Waals surface area contributed by atoms with E-state index in [1.165, 1.54) is 0 Å². The summed E-state index contributed by atoms with van der Waals surface area (Å²) in [5.41, 5.74) is 19.0. The molecule has 6 heteroatoms. The number of benzene rings is 1. The fourth-order valence-corrected chi connectivity index (χ4v) is 1.94. The summed E-state index contributed by atoms with van der Waals surface area (Å²) in [6, 6.07) is 3.75. The van der Waals surface area contributed by atoms with Crippen LogP contribution in [0.1, 0.15) is 25.0 Å². The molecule has 0 spiro atoms. The molecule has 5 nitrogen and oxygen atoms in total. The first-order valence-corrected chi connectivity index (χ1v) is 6.10. The maximum absolute atomic E-state index is 6.05. The minimum atomic E-state index is -0.110. The number of aliphatic imine (C=N–C) groups is 2. The minimum Gasteiger partial charge on any atom is -0.370 e. The number of nitrogens with two attached hydrogens (primary N) is 3. The molecular formula is C12H18ClN5. The Hall–Kier alpha value is -1.75. The van der Waals surface area contributed by atoms with Crippen LogP contribution in [0.25, 0.3) is 0 Å². The summed E-state index contributed by atoms with van der Waals surface area (Å²) in [7, 11) is 0. The fourth-order valence-electron chi connectivity index (χ4n) is 1.67. The Labute approximate surface area is 112 Å². The lowest BCUT2D eigenvalue weighted by Gasteiger charge is -2.10. The molecule has 0 saturated heterocycles. The van der Waals surface area contributed by atoms with Crippen molar-refractivity contribution in [2.24, 2.45) is 27.2 Å². The Morgan fingerprint density at radius 1 is 1.11 bits per heavy atom. The van der Waals surface area contributed by atoms with E-state index in [1.807, 2.05) is 26.0 Å². The Morgan fingerprint density at radius 2 is 1.61 bits per heavy atom. The van der Waals surface area contributed by atoms with E-state index in [0.717, 1.165) is 29.7 Å². The molecule has 1 aromatic carbocycles. The van der Waals surface area contributed by atoms with Gasteiger partial charge in [-0.15, -0.1) is 0 Å². The van der Waals surface area contributed by atoms with Crippen LogP contribution in [0.15, 0.2) is 22.1 Å². The lowest BCUT2D eigenvalue weighted by Crippen LogP contribution is -2.26. The van der Waals surface area contributed by atoms with Gasteiger partial charge in [0.05, 0.1) is 5.69 Å². The van der Waals surface area contributed by atoms with Crippen LogP contribution >= 0.6 is 11.6 Å². The summed E-state index contributed by atoms with van der Waals surface area (Å²) in [6.07, 6.45) is 1.61. The monoisotopic (exact) mass is 267 g/mol. The zero-order valence-electron chi connectivity index (χ0n) is 10.6. The highest BCUT2D eigenvalue weighted by Crippen LogP contribution is 2.29. The van der Waals surface area contributed by atoms with E-state index >= 15 is 0 Å². The van der Waals surface area contributed by atoms with Gasteiger partial charge in [0, 0.05) is 5.02 Å². The number of aryl methyl sites for hydroxylation is 2. The van der Waals surface area contributed by atoms with E-state index in [0.29, 0.717) is 5.02 Å². The second kappa shape index (κ2) is 6.26. The third-order valence-corrected chi connectivity index (χ3v) is 2.68. The van der Waals surface area contributed by atoms with Crippen molar-refractivity contribution in [3.63, 3.8) is 0 Å². The molecule has 0 aromatic heterocycles. The van der Waals surface area contributed by atoms with Crippen LogP contribution in [0.4, 0.5) is 5.69 Å². The van der Waals surface area contributed by atoms with Crippen LogP contribution in [-0.4, -0.2) is 11.9 Å². The Bertz CT molecular complexity index is 464. The highest BCUT2D eigenvalue weighted by Gasteiger charge is 2.08. The van der Waals surface area contributed by atoms with E-state index in [9.17, 15) is 0 Å². The summed E-state index contributed by atoms with van der Waals surface area (Å²) in [5.74, 6) is -0.0666. The molecule has 0 aliphatic carbocycles. The summed E-state index contributed by atoms with van der Waals surface area (Å²) >= 11 is 6.05. The molecule has 0 atom stereocenters. The number of guanidine groups is 2. The van der Waals surface area contributed by atoms with E-state index in [2.05, 4.69) is 9.98 Å². The largest absolute Gasteiger partial charge is 0.370 e. The molecule has 18 heavy (non-hydrogen) atoms. The molecule has 0 bridgehead atoms. The normalized spacial score (nSPS) is 11.4. The molecule has 1 aromatic rings. The lowest BCUT2D eigenvalue weighted by atomic mass is 10.0. The van der Waals surface area contributed by atoms with Gasteiger partial charge in [0.15, 0.2) is 5.96 Å². The number of nitrogens with zero attached hydrogens (tertiary/aromatic N) is 2. The fraction of sp³-hybridized carbons (Fsp3) is 0.333. The summed E-state index contributed by atoms with van der Waals surface area (Å²) in [6.45, 7) is 4.06. The molecule has 0 radical (unpaired) electrons. The van der Waals surface area contributed by atoms with Gasteiger partial charge in [-0.05, 0) is 36.1 Å². The third kappa shape index (κ3) is 3.63. The SMILES string of the molecule is CCc1cc(Cl)cc(CC)c1N=C(N)N=C(N)N. The zero-order valence-corrected chi connectivity index (χ0v) is 11.3. The number of halogens is 1. The first kappa shape index (κ1) is 14.3. The second-order valence-corrected chi connectivity index (χ2v) is 4.22. The summed E-state index contributed by atoms with van der Waals surface area (Å²) < 4.78 is 0. The maximum atomic E-state index is 6.05. The van der Waals surface area contributed by atoms with Crippen LogP contribution in [0.2, 0.25) is 5.02 Å². The number of rotatable bonds is 3. The summed E-state index contributed by atoms with van der Waals surface area (Å²) in [4.78, 5) is 7.98. The van der Waals surface area contributed by atoms with E-state index < -0.39 is 0 Å². The molecule has 0 amide bonds. The topological polar surface area (TPSA) is 103 Å². The average Bonchev–Trinajstić information content (AvgIpc) is 2.29. The van der Waals surface area contributed by atoms with Crippen molar-refractivity contribution in [3.05, 3.63) is 28.3 Å². The van der Waals surface area contributed by atoms with Crippen molar-refractivity contribution >= 4 is 29.2 Å². The minimum absolute atomic E-state index is 0.0433. The standard InChI is InChI=1S/C12H18ClN5/c1-3-7-5-9(13)6-8(4-2)10(7)17-12(16)18-11(14)15/h5-6H,3-4H2,1-2H3,(H6,14,15,16,17,18). The van der Waals surface area contributed by atoms with Crippen LogP contribution in [0.3, 0.4) is 0 Å². The Balaban J connectivity index is 3.34. The Morgan fingerprint density at radius 3 is 2.00 bits per heavy atom. The van der Waals surface area contributed by atoms with Crippen LogP contribution in [-0.2, 0) is 12.8 Å². The van der Waals surface area contributed by atoms with Crippen molar-refractivity contribution in [2.45, 2.75) is 26.7 Å². The van der Waals surface area contributed by atoms with E-state index in [4.69, 9.17) is 28.8 Å². The van der Waals surface area contributed by atoms with Crippen molar-refractivity contribution in [2.75, 3.05) is 0 Å². The van der Waals surface area contributed by atoms with Gasteiger partial charge in [-0.2, -0.15) is 4.99 Å². The number of hydrogen-bond acceptors (Lipinski definition) is 1. The van der Waals surface area contributed by atoms with Gasteiger partial charge in [0.1, 0.15) is 0 Å². The number of hydrogen-bond donors (Lipinski definition) is 3. The molecule has 0 fully saturated rings. The molecule has 0 aliphatic heterocycles. The first-order chi connectivity index (χ1) is 8.47. The van der Waals surface area contributed by atoms with Gasteiger partial charge in [0.2, 0.25) is 5.96 Å². The van der Waals surface area contributed by atoms with Gasteiger partial charge in [-0.25, -0.2) is 4.99 Å². The smallest absolute Gasteiger partial charge is 0.223 e. The van der Waals surface area contributed by atoms with Crippen molar-refractivity contribution < 1.29 is 0 Å². The van der Waals surface area contributed by atoms with Gasteiger partial charge in [0.25, 0.3) is 0 Å². The summed E-state index contributed by atoms with van der Waals surface area (Å²) in [5, 5.41) is 0.697. The molecule has 0 heterocycles. The molecule has 98 valence electrons. The highest BCUT2D eigenvalue weighted by molar-refractivity contribution is 6.30. The third-order valence-electron chi connectivity index (χ3n) is 2.46. The van der Waals surface area contributed by atoms with Crippen molar-refractivity contribution in [1.29, 1.82) is 0 Å². The van der Waals surface area contributed by atoms with E-state index in [1.54, 1.807) is 0 Å². The quantitative estimate of drug-likeness (QED) is 0.573. The van der Waals surface area contributed by atoms with Crippen molar-refractivity contribution in [1.82, 2.24) is 0 Å². The van der Waals surface area contributed by atoms with E-state index in [-0.39, 0.29) is 11.9 Å². The predicted molar refractivity (Wildman–Crippen MR) is 77.3 cm³/mol. The van der Waals surface area contributed by atoms with Crippen LogP contribution < -0.4 is 17.2 Å². The highest BCUT2D eigenvalue weighted by atomic mass is 35.5. The van der Waals surface area contributed by atoms with Crippen LogP contribution in [0.5, 0.6) is 0 Å². The van der Waals surface area contributed by atoms with Gasteiger partial charge in [-0.3, -0.25) is 0 Å². The molecule has 0 saturated carbocycles. The molecule has 6 N–H and O–H groups in total. The second-order valence-electron chi connectivity index (χ2n) is 3.79. The van der Waals surface area contributed by atoms with Crippen molar-refractivity contribution in [3.8, 4) is 0 Å². The first-order valence-electron chi connectivity index (χ1n) is 5.73. The molecule has 1 rings (SSSR count). The maximum Gasteiger partial charge on any atom is 0.223 e. The molecular weight excluding hydrogens is 250 g/mol. The van der Waals surface area contributed by atoms with Gasteiger partial charge < -0.3 is 17.2 Å². The average molecular weight is 268 g/mol. The predicted octanol–water partition coefficient (Wildman–Crippen LogP) is 1.68. The van der Waals surface area contributed by atoms with Gasteiger partial charge >= 0.3 is 0 Å². The Kier molecular flexibility index (Phi) is 4.97. The molecule has 0 unspecified atom stereocenters. The van der Waals surface area contributed by atoms with Gasteiger partial charge in [-0.1, -0.05) is 25.4 Å².